The maximum absolute atomic E-state index is 12.4. The second-order valence-electron chi connectivity index (χ2n) is 7.83. The van der Waals surface area contributed by atoms with Crippen molar-refractivity contribution in [3.63, 3.8) is 0 Å². The highest BCUT2D eigenvalue weighted by molar-refractivity contribution is 5.97. The first kappa shape index (κ1) is 21.7. The molecule has 2 amide bonds. The lowest BCUT2D eigenvalue weighted by molar-refractivity contribution is -0.118. The first-order valence-electron chi connectivity index (χ1n) is 10.9. The number of cyclic esters (lactones) is 1. The molecule has 0 radical (unpaired) electrons. The number of nitrogens with zero attached hydrogens (tertiary/aromatic N) is 3. The number of carbonyl (C=O) groups is 2. The Morgan fingerprint density at radius 2 is 2.09 bits per heavy atom. The second kappa shape index (κ2) is 9.40. The zero-order valence-electron chi connectivity index (χ0n) is 18.5. The van der Waals surface area contributed by atoms with E-state index in [1.807, 2.05) is 12.1 Å². The lowest BCUT2D eigenvalue weighted by Gasteiger charge is -2.24. The van der Waals surface area contributed by atoms with Crippen LogP contribution >= 0.6 is 0 Å². The number of aromatic nitrogens is 2. The van der Waals surface area contributed by atoms with Crippen LogP contribution in [0.2, 0.25) is 0 Å². The number of carbonyl (C=O) groups excluding carboxylic acids is 2. The summed E-state index contributed by atoms with van der Waals surface area (Å²) >= 11 is 0. The molecule has 2 aromatic heterocycles. The molecule has 1 aromatic carbocycles. The van der Waals surface area contributed by atoms with Gasteiger partial charge in [0.2, 0.25) is 5.88 Å². The van der Waals surface area contributed by atoms with Gasteiger partial charge in [-0.1, -0.05) is 0 Å². The molecule has 176 valence electrons. The van der Waals surface area contributed by atoms with Crippen LogP contribution in [0.3, 0.4) is 0 Å². The number of pyridine rings is 2. The second-order valence-corrected chi connectivity index (χ2v) is 7.83. The van der Waals surface area contributed by atoms with Gasteiger partial charge in [-0.15, -0.1) is 0 Å². The number of hydrogen-bond donors (Lipinski definition) is 3. The van der Waals surface area contributed by atoms with Crippen LogP contribution in [0.4, 0.5) is 21.9 Å². The van der Waals surface area contributed by atoms with Crippen LogP contribution in [-0.4, -0.2) is 68.0 Å². The number of amides is 2. The molecule has 1 atom stereocenters. The molecule has 0 aliphatic carbocycles. The molecule has 11 nitrogen and oxygen atoms in total. The molecule has 3 N–H and O–H groups in total. The Morgan fingerprint density at radius 1 is 1.18 bits per heavy atom. The van der Waals surface area contributed by atoms with E-state index in [-0.39, 0.29) is 25.2 Å². The first-order valence-corrected chi connectivity index (χ1v) is 10.9. The zero-order valence-corrected chi connectivity index (χ0v) is 18.5. The van der Waals surface area contributed by atoms with Crippen molar-refractivity contribution in [2.75, 3.05) is 55.5 Å². The van der Waals surface area contributed by atoms with Crippen LogP contribution in [0.5, 0.6) is 11.6 Å². The van der Waals surface area contributed by atoms with E-state index in [0.29, 0.717) is 42.6 Å². The summed E-state index contributed by atoms with van der Waals surface area (Å²) in [4.78, 5) is 34.4. The van der Waals surface area contributed by atoms with E-state index < -0.39 is 6.09 Å². The molecule has 1 saturated heterocycles. The number of rotatable bonds is 8. The number of nitrogens with one attached hydrogen (secondary N) is 3. The fourth-order valence-electron chi connectivity index (χ4n) is 3.97. The highest BCUT2D eigenvalue weighted by atomic mass is 16.6. The Labute approximate surface area is 195 Å². The molecule has 0 saturated carbocycles. The van der Waals surface area contributed by atoms with Gasteiger partial charge in [0.25, 0.3) is 5.91 Å². The summed E-state index contributed by atoms with van der Waals surface area (Å²) in [5, 5.41) is 9.50. The van der Waals surface area contributed by atoms with Crippen molar-refractivity contribution in [2.45, 2.75) is 6.04 Å². The van der Waals surface area contributed by atoms with Crippen molar-refractivity contribution >= 4 is 40.1 Å². The molecule has 0 unspecified atom stereocenters. The van der Waals surface area contributed by atoms with E-state index in [9.17, 15) is 9.59 Å². The summed E-state index contributed by atoms with van der Waals surface area (Å²) in [6.45, 7) is 2.09. The summed E-state index contributed by atoms with van der Waals surface area (Å²) in [5.74, 6) is 0.878. The van der Waals surface area contributed by atoms with Crippen molar-refractivity contribution in [1.82, 2.24) is 15.3 Å². The molecule has 34 heavy (non-hydrogen) atoms. The number of methoxy groups -OCH3 is 1. The SMILES string of the molecule is COc1ccc2nccc(NCCNC[C@H]3COC(=O)N3c3ccc4c(c3)NC(=O)CO4)c2n1. The van der Waals surface area contributed by atoms with Crippen LogP contribution in [0, 0.1) is 0 Å². The van der Waals surface area contributed by atoms with Crippen molar-refractivity contribution in [3.05, 3.63) is 42.6 Å². The third-order valence-electron chi connectivity index (χ3n) is 5.60. The van der Waals surface area contributed by atoms with Gasteiger partial charge in [-0.2, -0.15) is 0 Å². The fraction of sp³-hybridized carbons (Fsp3) is 0.304. The van der Waals surface area contributed by atoms with E-state index in [0.717, 1.165) is 16.7 Å². The Morgan fingerprint density at radius 3 is 2.97 bits per heavy atom. The number of fused-ring (bicyclic) bond motifs is 2. The number of benzene rings is 1. The normalized spacial score (nSPS) is 17.1. The van der Waals surface area contributed by atoms with Gasteiger partial charge >= 0.3 is 6.09 Å². The quantitative estimate of drug-likeness (QED) is 0.429. The summed E-state index contributed by atoms with van der Waals surface area (Å²) < 4.78 is 15.9. The van der Waals surface area contributed by atoms with Crippen LogP contribution in [0.25, 0.3) is 11.0 Å². The average Bonchev–Trinajstić information content (AvgIpc) is 3.23. The molecule has 1 fully saturated rings. The molecular weight excluding hydrogens is 440 g/mol. The predicted molar refractivity (Wildman–Crippen MR) is 126 cm³/mol. The largest absolute Gasteiger partial charge is 0.482 e. The highest BCUT2D eigenvalue weighted by Gasteiger charge is 2.34. The van der Waals surface area contributed by atoms with Crippen LogP contribution < -0.4 is 30.3 Å². The molecular formula is C23H24N6O5. The summed E-state index contributed by atoms with van der Waals surface area (Å²) in [6.07, 6.45) is 1.31. The monoisotopic (exact) mass is 464 g/mol. The molecule has 0 bridgehead atoms. The Balaban J connectivity index is 1.18. The van der Waals surface area contributed by atoms with E-state index >= 15 is 0 Å². The van der Waals surface area contributed by atoms with Crippen LogP contribution in [0.1, 0.15) is 0 Å². The number of anilines is 3. The molecule has 3 aromatic rings. The fourth-order valence-corrected chi connectivity index (χ4v) is 3.97. The smallest absolute Gasteiger partial charge is 0.414 e. The number of hydrogen-bond acceptors (Lipinski definition) is 9. The Bertz CT molecular complexity index is 1240. The van der Waals surface area contributed by atoms with Crippen molar-refractivity contribution in [1.29, 1.82) is 0 Å². The molecule has 2 aliphatic heterocycles. The van der Waals surface area contributed by atoms with E-state index in [1.165, 1.54) is 0 Å². The minimum Gasteiger partial charge on any atom is -0.482 e. The van der Waals surface area contributed by atoms with Gasteiger partial charge in [0, 0.05) is 37.6 Å². The van der Waals surface area contributed by atoms with Gasteiger partial charge in [-0.25, -0.2) is 9.78 Å². The highest BCUT2D eigenvalue weighted by Crippen LogP contribution is 2.34. The van der Waals surface area contributed by atoms with Crippen LogP contribution in [-0.2, 0) is 9.53 Å². The summed E-state index contributed by atoms with van der Waals surface area (Å²) in [6, 6.07) is 10.6. The summed E-state index contributed by atoms with van der Waals surface area (Å²) in [5.41, 5.74) is 3.57. The Hall–Kier alpha value is -4.12. The molecule has 0 spiro atoms. The molecule has 2 aliphatic rings. The third-order valence-corrected chi connectivity index (χ3v) is 5.60. The van der Waals surface area contributed by atoms with Gasteiger partial charge < -0.3 is 30.2 Å². The molecule has 4 heterocycles. The minimum atomic E-state index is -0.420. The van der Waals surface area contributed by atoms with Crippen molar-refractivity contribution in [2.24, 2.45) is 0 Å². The Kier molecular flexibility index (Phi) is 6.00. The molecule has 11 heteroatoms. The van der Waals surface area contributed by atoms with Gasteiger partial charge in [-0.05, 0) is 30.3 Å². The summed E-state index contributed by atoms with van der Waals surface area (Å²) in [7, 11) is 1.58. The van der Waals surface area contributed by atoms with Crippen LogP contribution in [0.15, 0.2) is 42.6 Å². The standard InChI is InChI=1S/C23H24N6O5/c1-32-21-5-3-16-22(28-21)17(6-7-25-16)26-9-8-24-11-15-12-34-23(31)29(15)14-2-4-19-18(10-14)27-20(30)13-33-19/h2-7,10,15,24H,8-9,11-13H2,1H3,(H,25,26)(H,27,30)/t15-/m0/s1. The van der Waals surface area contributed by atoms with E-state index in [2.05, 4.69) is 25.9 Å². The third kappa shape index (κ3) is 4.37. The van der Waals surface area contributed by atoms with Crippen molar-refractivity contribution in [3.8, 4) is 11.6 Å². The van der Waals surface area contributed by atoms with E-state index in [1.54, 1.807) is 42.5 Å². The lowest BCUT2D eigenvalue weighted by Crippen LogP contribution is -2.42. The maximum atomic E-state index is 12.4. The minimum absolute atomic E-state index is 0.0163. The first-order chi connectivity index (χ1) is 16.6. The van der Waals surface area contributed by atoms with Gasteiger partial charge in [-0.3, -0.25) is 14.7 Å². The van der Waals surface area contributed by atoms with Gasteiger partial charge in [0.05, 0.1) is 30.0 Å². The van der Waals surface area contributed by atoms with E-state index in [4.69, 9.17) is 14.2 Å². The predicted octanol–water partition coefficient (Wildman–Crippen LogP) is 2.00. The average molecular weight is 464 g/mol. The van der Waals surface area contributed by atoms with Crippen molar-refractivity contribution < 1.29 is 23.8 Å². The van der Waals surface area contributed by atoms with Gasteiger partial charge in [0.15, 0.2) is 6.61 Å². The van der Waals surface area contributed by atoms with Gasteiger partial charge in [0.1, 0.15) is 17.9 Å². The zero-order chi connectivity index (χ0) is 23.5. The number of ether oxygens (including phenoxy) is 3. The lowest BCUT2D eigenvalue weighted by atomic mass is 10.2. The topological polar surface area (TPSA) is 127 Å². The maximum Gasteiger partial charge on any atom is 0.414 e. The molecule has 5 rings (SSSR count).